The zero-order chi connectivity index (χ0) is 18.8. The number of carbonyl (C=O) groups excluding carboxylic acids is 1. The van der Waals surface area contributed by atoms with E-state index >= 15 is 0 Å². The molecule has 7 nitrogen and oxygen atoms in total. The number of hydrogen-bond acceptors (Lipinski definition) is 6. The molecule has 1 N–H and O–H groups in total. The van der Waals surface area contributed by atoms with Crippen LogP contribution in [-0.2, 0) is 17.8 Å². The summed E-state index contributed by atoms with van der Waals surface area (Å²) in [4.78, 5) is 24.4. The van der Waals surface area contributed by atoms with Crippen molar-refractivity contribution in [3.05, 3.63) is 51.4 Å². The molecule has 0 aliphatic carbocycles. The van der Waals surface area contributed by atoms with Gasteiger partial charge in [-0.3, -0.25) is 9.59 Å². The Hall–Kier alpha value is -2.80. The van der Waals surface area contributed by atoms with Crippen LogP contribution in [0.2, 0.25) is 0 Å². The van der Waals surface area contributed by atoms with Crippen LogP contribution >= 0.6 is 0 Å². The molecule has 1 unspecified atom stereocenters. The van der Waals surface area contributed by atoms with Crippen LogP contribution in [0.15, 0.2) is 29.1 Å². The summed E-state index contributed by atoms with van der Waals surface area (Å²) in [5.41, 5.74) is 2.16. The van der Waals surface area contributed by atoms with E-state index in [0.717, 1.165) is 36.5 Å². The van der Waals surface area contributed by atoms with E-state index in [1.54, 1.807) is 4.57 Å². The molecule has 0 amide bonds. The van der Waals surface area contributed by atoms with Crippen LogP contribution in [0.3, 0.4) is 0 Å². The molecule has 0 bridgehead atoms. The van der Waals surface area contributed by atoms with E-state index in [2.05, 4.69) is 5.32 Å². The maximum atomic E-state index is 12.8. The molecule has 7 heteroatoms. The van der Waals surface area contributed by atoms with Crippen molar-refractivity contribution in [3.63, 3.8) is 0 Å². The number of nitrogens with zero attached hydrogens (tertiary/aromatic N) is 1. The minimum absolute atomic E-state index is 0.0355. The first-order valence-electron chi connectivity index (χ1n) is 9.09. The van der Waals surface area contributed by atoms with Gasteiger partial charge in [-0.15, -0.1) is 0 Å². The summed E-state index contributed by atoms with van der Waals surface area (Å²) in [6.45, 7) is 3.77. The summed E-state index contributed by atoms with van der Waals surface area (Å²) in [5.74, 6) is 1.42. The first kappa shape index (κ1) is 17.6. The van der Waals surface area contributed by atoms with E-state index in [0.29, 0.717) is 30.8 Å². The van der Waals surface area contributed by atoms with Gasteiger partial charge in [0.1, 0.15) is 5.56 Å². The predicted molar refractivity (Wildman–Crippen MR) is 99.7 cm³/mol. The molecule has 0 saturated carbocycles. The van der Waals surface area contributed by atoms with Crippen LogP contribution < -0.4 is 20.3 Å². The van der Waals surface area contributed by atoms with Gasteiger partial charge < -0.3 is 24.1 Å². The standard InChI is InChI=1S/C20H22N2O5/c1-13-7-17(21-9-14-4-5-18-19(8-14)27-12-26-18)16(11-23)20(24)22(13)10-15-3-2-6-25-15/h4-5,7-8,11,15,21H,2-3,6,9-10,12H2,1H3. The van der Waals surface area contributed by atoms with E-state index in [9.17, 15) is 9.59 Å². The number of carbonyl (C=O) groups is 1. The first-order valence-corrected chi connectivity index (χ1v) is 9.09. The zero-order valence-corrected chi connectivity index (χ0v) is 15.2. The van der Waals surface area contributed by atoms with Crippen molar-refractivity contribution in [2.75, 3.05) is 18.7 Å². The van der Waals surface area contributed by atoms with Gasteiger partial charge in [-0.25, -0.2) is 0 Å². The quantitative estimate of drug-likeness (QED) is 0.787. The molecule has 2 aromatic rings. The Morgan fingerprint density at radius 1 is 1.26 bits per heavy atom. The van der Waals surface area contributed by atoms with Crippen LogP contribution in [0.5, 0.6) is 11.5 Å². The molecule has 0 radical (unpaired) electrons. The summed E-state index contributed by atoms with van der Waals surface area (Å²) < 4.78 is 17.9. The minimum Gasteiger partial charge on any atom is -0.454 e. The second-order valence-corrected chi connectivity index (χ2v) is 6.82. The second-order valence-electron chi connectivity index (χ2n) is 6.82. The Bertz CT molecular complexity index is 915. The highest BCUT2D eigenvalue weighted by molar-refractivity contribution is 5.83. The number of anilines is 1. The number of nitrogens with one attached hydrogen (secondary N) is 1. The van der Waals surface area contributed by atoms with Crippen LogP contribution in [-0.4, -0.2) is 30.4 Å². The monoisotopic (exact) mass is 370 g/mol. The fraction of sp³-hybridized carbons (Fsp3) is 0.400. The number of aromatic nitrogens is 1. The predicted octanol–water partition coefficient (Wildman–Crippen LogP) is 2.49. The number of rotatable bonds is 6. The summed E-state index contributed by atoms with van der Waals surface area (Å²) in [6, 6.07) is 7.51. The molecule has 142 valence electrons. The van der Waals surface area contributed by atoms with E-state index in [1.807, 2.05) is 31.2 Å². The molecule has 2 aliphatic rings. The van der Waals surface area contributed by atoms with Gasteiger partial charge in [0.25, 0.3) is 5.56 Å². The van der Waals surface area contributed by atoms with Gasteiger partial charge in [0.15, 0.2) is 17.8 Å². The lowest BCUT2D eigenvalue weighted by Gasteiger charge is -2.18. The van der Waals surface area contributed by atoms with Gasteiger partial charge in [-0.2, -0.15) is 0 Å². The van der Waals surface area contributed by atoms with Crippen molar-refractivity contribution in [3.8, 4) is 11.5 Å². The highest BCUT2D eigenvalue weighted by Gasteiger charge is 2.20. The van der Waals surface area contributed by atoms with Crippen LogP contribution in [0.1, 0.15) is 34.5 Å². The van der Waals surface area contributed by atoms with Crippen molar-refractivity contribution in [1.82, 2.24) is 4.57 Å². The molecule has 3 heterocycles. The van der Waals surface area contributed by atoms with Gasteiger partial charge in [0.2, 0.25) is 6.79 Å². The third-order valence-electron chi connectivity index (χ3n) is 4.99. The summed E-state index contributed by atoms with van der Waals surface area (Å²) in [6.07, 6.45) is 2.60. The van der Waals surface area contributed by atoms with E-state index < -0.39 is 0 Å². The summed E-state index contributed by atoms with van der Waals surface area (Å²) in [7, 11) is 0. The summed E-state index contributed by atoms with van der Waals surface area (Å²) in [5, 5.41) is 3.20. The Kier molecular flexibility index (Phi) is 4.85. The number of ether oxygens (including phenoxy) is 3. The van der Waals surface area contributed by atoms with E-state index in [4.69, 9.17) is 14.2 Å². The van der Waals surface area contributed by atoms with Crippen molar-refractivity contribution < 1.29 is 19.0 Å². The van der Waals surface area contributed by atoms with E-state index in [-0.39, 0.29) is 24.0 Å². The number of fused-ring (bicyclic) bond motifs is 1. The highest BCUT2D eigenvalue weighted by Crippen LogP contribution is 2.32. The lowest BCUT2D eigenvalue weighted by Crippen LogP contribution is -2.31. The molecule has 1 aromatic heterocycles. The van der Waals surface area contributed by atoms with Gasteiger partial charge in [0, 0.05) is 18.8 Å². The van der Waals surface area contributed by atoms with Gasteiger partial charge >= 0.3 is 0 Å². The Labute approximate surface area is 156 Å². The molecular formula is C20H22N2O5. The topological polar surface area (TPSA) is 78.8 Å². The SMILES string of the molecule is Cc1cc(NCc2ccc3c(c2)OCO3)c(C=O)c(=O)n1CC1CCCO1. The maximum Gasteiger partial charge on any atom is 0.263 e. The Morgan fingerprint density at radius 3 is 2.89 bits per heavy atom. The molecule has 0 spiro atoms. The largest absolute Gasteiger partial charge is 0.454 e. The fourth-order valence-corrected chi connectivity index (χ4v) is 3.51. The molecule has 1 aromatic carbocycles. The first-order chi connectivity index (χ1) is 13.2. The fourth-order valence-electron chi connectivity index (χ4n) is 3.51. The third-order valence-corrected chi connectivity index (χ3v) is 4.99. The van der Waals surface area contributed by atoms with Crippen molar-refractivity contribution in [2.24, 2.45) is 0 Å². The lowest BCUT2D eigenvalue weighted by atomic mass is 10.1. The van der Waals surface area contributed by atoms with E-state index in [1.165, 1.54) is 0 Å². The van der Waals surface area contributed by atoms with Crippen molar-refractivity contribution in [1.29, 1.82) is 0 Å². The number of pyridine rings is 1. The van der Waals surface area contributed by atoms with Crippen LogP contribution in [0, 0.1) is 6.92 Å². The minimum atomic E-state index is -0.284. The molecule has 1 fully saturated rings. The molecular weight excluding hydrogens is 348 g/mol. The number of hydrogen-bond donors (Lipinski definition) is 1. The molecule has 1 saturated heterocycles. The molecule has 2 aliphatic heterocycles. The second kappa shape index (κ2) is 7.44. The van der Waals surface area contributed by atoms with Gasteiger partial charge in [-0.1, -0.05) is 6.07 Å². The van der Waals surface area contributed by atoms with Gasteiger partial charge in [0.05, 0.1) is 18.3 Å². The lowest BCUT2D eigenvalue weighted by molar-refractivity contribution is 0.0953. The zero-order valence-electron chi connectivity index (χ0n) is 15.2. The van der Waals surface area contributed by atoms with Crippen molar-refractivity contribution in [2.45, 2.75) is 39.0 Å². The smallest absolute Gasteiger partial charge is 0.263 e. The maximum absolute atomic E-state index is 12.8. The number of aryl methyl sites for hydroxylation is 1. The third kappa shape index (κ3) is 3.55. The highest BCUT2D eigenvalue weighted by atomic mass is 16.7. The van der Waals surface area contributed by atoms with Crippen LogP contribution in [0.4, 0.5) is 5.69 Å². The number of aldehydes is 1. The van der Waals surface area contributed by atoms with Gasteiger partial charge in [-0.05, 0) is 43.5 Å². The Morgan fingerprint density at radius 2 is 2.11 bits per heavy atom. The molecule has 4 rings (SSSR count). The molecule has 27 heavy (non-hydrogen) atoms. The van der Waals surface area contributed by atoms with Crippen molar-refractivity contribution >= 4 is 12.0 Å². The normalized spacial score (nSPS) is 17.9. The average molecular weight is 370 g/mol. The average Bonchev–Trinajstić information content (AvgIpc) is 3.34. The Balaban J connectivity index is 1.55. The number of benzene rings is 1. The molecule has 1 atom stereocenters. The van der Waals surface area contributed by atoms with Crippen LogP contribution in [0.25, 0.3) is 0 Å². The summed E-state index contributed by atoms with van der Waals surface area (Å²) >= 11 is 0.